The highest BCUT2D eigenvalue weighted by Crippen LogP contribution is 2.11. The van der Waals surface area contributed by atoms with Crippen molar-refractivity contribution >= 4 is 0 Å². The predicted molar refractivity (Wildman–Crippen MR) is 74.0 cm³/mol. The first-order chi connectivity index (χ1) is 9.54. The minimum absolute atomic E-state index is 0.156. The Bertz CT molecular complexity index is 551. The monoisotopic (exact) mass is 276 g/mol. The van der Waals surface area contributed by atoms with Crippen LogP contribution in [0.2, 0.25) is 0 Å². The lowest BCUT2D eigenvalue weighted by molar-refractivity contribution is 0.0889. The van der Waals surface area contributed by atoms with Crippen molar-refractivity contribution in [1.29, 1.82) is 0 Å². The molecule has 1 aliphatic rings. The molecule has 1 fully saturated rings. The molecule has 0 amide bonds. The number of aryl methyl sites for hydroxylation is 4. The second kappa shape index (κ2) is 4.98. The smallest absolute Gasteiger partial charge is 0.180 e. The average molecular weight is 276 g/mol. The molecular weight excluding hydrogens is 256 g/mol. The molecule has 108 valence electrons. The summed E-state index contributed by atoms with van der Waals surface area (Å²) in [5, 5.41) is 8.89. The van der Waals surface area contributed by atoms with Gasteiger partial charge in [-0.1, -0.05) is 0 Å². The number of rotatable bonds is 2. The average Bonchev–Trinajstić information content (AvgIpc) is 2.92. The molecule has 8 heteroatoms. The molecule has 2 aromatic heterocycles. The van der Waals surface area contributed by atoms with Gasteiger partial charge in [-0.25, -0.2) is 31.1 Å². The molecule has 0 radical (unpaired) electrons. The first-order valence-electron chi connectivity index (χ1n) is 6.62. The molecule has 0 saturated carbocycles. The van der Waals surface area contributed by atoms with E-state index in [0.717, 1.165) is 22.8 Å². The van der Waals surface area contributed by atoms with Crippen molar-refractivity contribution in [3.63, 3.8) is 0 Å². The summed E-state index contributed by atoms with van der Waals surface area (Å²) < 4.78 is 3.76. The minimum Gasteiger partial charge on any atom is -0.236 e. The second-order valence-corrected chi connectivity index (χ2v) is 5.13. The molecule has 0 unspecified atom stereocenters. The summed E-state index contributed by atoms with van der Waals surface area (Å²) in [7, 11) is 0. The fourth-order valence-corrected chi connectivity index (χ4v) is 2.45. The lowest BCUT2D eigenvalue weighted by atomic mass is 10.4. The molecule has 4 N–H and O–H groups in total. The quantitative estimate of drug-likeness (QED) is 0.624. The van der Waals surface area contributed by atoms with Crippen LogP contribution in [0.5, 0.6) is 0 Å². The molecule has 3 heterocycles. The van der Waals surface area contributed by atoms with E-state index < -0.39 is 0 Å². The lowest BCUT2D eigenvalue weighted by Gasteiger charge is -2.34. The van der Waals surface area contributed by atoms with E-state index >= 15 is 0 Å². The highest BCUT2D eigenvalue weighted by molar-refractivity contribution is 5.08. The fraction of sp³-hybridized carbons (Fsp3) is 0.500. The van der Waals surface area contributed by atoms with Crippen LogP contribution in [0.1, 0.15) is 35.4 Å². The van der Waals surface area contributed by atoms with Gasteiger partial charge in [0.2, 0.25) is 0 Å². The van der Waals surface area contributed by atoms with Gasteiger partial charge in [0.1, 0.15) is 0 Å². The van der Waals surface area contributed by atoms with Gasteiger partial charge in [-0.05, 0) is 39.8 Å². The predicted octanol–water partition coefficient (Wildman–Crippen LogP) is 0.128. The molecule has 0 atom stereocenters. The van der Waals surface area contributed by atoms with Gasteiger partial charge in [-0.3, -0.25) is 0 Å². The Morgan fingerprint density at radius 2 is 1.10 bits per heavy atom. The van der Waals surface area contributed by atoms with Gasteiger partial charge < -0.3 is 0 Å². The standard InChI is InChI=1S/C12H20N8/c1-7-5-9(3)19(17-7)11-13-15-12(16-14-11)20-10(4)6-8(2)18-20/h5-6,11-16H,1-4H3. The molecule has 3 rings (SSSR count). The van der Waals surface area contributed by atoms with Crippen molar-refractivity contribution in [3.05, 3.63) is 34.9 Å². The number of nitrogens with zero attached hydrogens (tertiary/aromatic N) is 4. The maximum Gasteiger partial charge on any atom is 0.180 e. The Balaban J connectivity index is 1.71. The summed E-state index contributed by atoms with van der Waals surface area (Å²) in [5.41, 5.74) is 16.9. The van der Waals surface area contributed by atoms with Crippen molar-refractivity contribution in [1.82, 2.24) is 41.3 Å². The molecule has 20 heavy (non-hydrogen) atoms. The fourth-order valence-electron chi connectivity index (χ4n) is 2.45. The van der Waals surface area contributed by atoms with Crippen LogP contribution in [-0.2, 0) is 0 Å². The van der Waals surface area contributed by atoms with E-state index in [1.807, 2.05) is 49.2 Å². The van der Waals surface area contributed by atoms with Crippen LogP contribution in [0.3, 0.4) is 0 Å². The molecule has 0 bridgehead atoms. The van der Waals surface area contributed by atoms with Crippen molar-refractivity contribution in [2.75, 3.05) is 0 Å². The van der Waals surface area contributed by atoms with E-state index in [1.165, 1.54) is 0 Å². The van der Waals surface area contributed by atoms with Crippen LogP contribution in [-0.4, -0.2) is 19.6 Å². The van der Waals surface area contributed by atoms with Crippen LogP contribution in [0, 0.1) is 27.7 Å². The van der Waals surface area contributed by atoms with Gasteiger partial charge >= 0.3 is 0 Å². The zero-order valence-electron chi connectivity index (χ0n) is 12.1. The third kappa shape index (κ3) is 2.34. The van der Waals surface area contributed by atoms with Crippen molar-refractivity contribution in [3.8, 4) is 0 Å². The normalized spacial score (nSPS) is 23.2. The molecular formula is C12H20N8. The van der Waals surface area contributed by atoms with Crippen LogP contribution in [0.15, 0.2) is 12.1 Å². The van der Waals surface area contributed by atoms with E-state index in [0.29, 0.717) is 0 Å². The minimum atomic E-state index is -0.156. The highest BCUT2D eigenvalue weighted by atomic mass is 15.7. The lowest BCUT2D eigenvalue weighted by Crippen LogP contribution is -2.63. The first-order valence-corrected chi connectivity index (χ1v) is 6.62. The summed E-state index contributed by atoms with van der Waals surface area (Å²) >= 11 is 0. The molecule has 8 nitrogen and oxygen atoms in total. The highest BCUT2D eigenvalue weighted by Gasteiger charge is 2.23. The molecule has 2 aromatic rings. The number of hydrogen-bond acceptors (Lipinski definition) is 6. The summed E-state index contributed by atoms with van der Waals surface area (Å²) in [6.45, 7) is 8.00. The van der Waals surface area contributed by atoms with Gasteiger partial charge in [0.05, 0.1) is 11.4 Å². The zero-order valence-corrected chi connectivity index (χ0v) is 12.1. The Hall–Kier alpha value is -1.74. The summed E-state index contributed by atoms with van der Waals surface area (Å²) in [4.78, 5) is 0. The number of aromatic nitrogens is 4. The van der Waals surface area contributed by atoms with Crippen molar-refractivity contribution in [2.45, 2.75) is 40.3 Å². The molecule has 0 aliphatic carbocycles. The van der Waals surface area contributed by atoms with E-state index in [4.69, 9.17) is 0 Å². The van der Waals surface area contributed by atoms with Crippen molar-refractivity contribution in [2.24, 2.45) is 0 Å². The van der Waals surface area contributed by atoms with E-state index in [2.05, 4.69) is 31.9 Å². The van der Waals surface area contributed by atoms with Crippen LogP contribution in [0.25, 0.3) is 0 Å². The third-order valence-electron chi connectivity index (χ3n) is 3.29. The largest absolute Gasteiger partial charge is 0.236 e. The van der Waals surface area contributed by atoms with Crippen LogP contribution >= 0.6 is 0 Å². The third-order valence-corrected chi connectivity index (χ3v) is 3.29. The Kier molecular flexibility index (Phi) is 3.30. The van der Waals surface area contributed by atoms with Gasteiger partial charge in [0.15, 0.2) is 12.6 Å². The van der Waals surface area contributed by atoms with E-state index in [-0.39, 0.29) is 12.6 Å². The Labute approximate surface area is 117 Å². The molecule has 1 saturated heterocycles. The maximum atomic E-state index is 4.44. The summed E-state index contributed by atoms with van der Waals surface area (Å²) in [5.74, 6) is 0. The van der Waals surface area contributed by atoms with Crippen molar-refractivity contribution < 1.29 is 0 Å². The topological polar surface area (TPSA) is 83.8 Å². The van der Waals surface area contributed by atoms with Gasteiger partial charge in [0, 0.05) is 11.4 Å². The Morgan fingerprint density at radius 3 is 1.35 bits per heavy atom. The van der Waals surface area contributed by atoms with E-state index in [1.54, 1.807) is 0 Å². The van der Waals surface area contributed by atoms with Gasteiger partial charge in [-0.2, -0.15) is 10.2 Å². The number of hydrazine groups is 2. The zero-order chi connectivity index (χ0) is 14.3. The SMILES string of the molecule is Cc1cc(C)n(C2NNC(n3nc(C)cc3C)NN2)n1. The maximum absolute atomic E-state index is 4.44. The van der Waals surface area contributed by atoms with Crippen LogP contribution in [0.4, 0.5) is 0 Å². The van der Waals surface area contributed by atoms with Gasteiger partial charge in [0.25, 0.3) is 0 Å². The molecule has 0 spiro atoms. The second-order valence-electron chi connectivity index (χ2n) is 5.13. The molecule has 0 aromatic carbocycles. The number of hydrogen-bond donors (Lipinski definition) is 4. The summed E-state index contributed by atoms with van der Waals surface area (Å²) in [6, 6.07) is 4.08. The van der Waals surface area contributed by atoms with Crippen LogP contribution < -0.4 is 21.7 Å². The van der Waals surface area contributed by atoms with E-state index in [9.17, 15) is 0 Å². The number of nitrogens with one attached hydrogen (secondary N) is 4. The summed E-state index contributed by atoms with van der Waals surface area (Å²) in [6.07, 6.45) is -0.311. The molecule has 1 aliphatic heterocycles. The van der Waals surface area contributed by atoms with Gasteiger partial charge in [-0.15, -0.1) is 0 Å². The Morgan fingerprint density at radius 1 is 0.750 bits per heavy atom. The first kappa shape index (κ1) is 13.3.